The Hall–Kier alpha value is -2.11. The van der Waals surface area contributed by atoms with Gasteiger partial charge in [0.2, 0.25) is 0 Å². The Labute approximate surface area is 191 Å². The van der Waals surface area contributed by atoms with Crippen LogP contribution in [0, 0.1) is 5.92 Å². The largest absolute Gasteiger partial charge is 0.461 e. The molecule has 174 valence electrons. The summed E-state index contributed by atoms with van der Waals surface area (Å²) in [6, 6.07) is 13.7. The SMILES string of the molecule is CN(Cc1ccc(COC(=O)[C@](O)(c2ccccc2)C2CCCCC2)o1)C1CCCCC1. The molecule has 2 aliphatic rings. The normalized spacial score (nSPS) is 20.2. The van der Waals surface area contributed by atoms with Gasteiger partial charge in [-0.1, -0.05) is 68.9 Å². The van der Waals surface area contributed by atoms with Crippen molar-refractivity contribution in [3.8, 4) is 0 Å². The van der Waals surface area contributed by atoms with Crippen molar-refractivity contribution in [2.75, 3.05) is 7.05 Å². The number of carbonyl (C=O) groups is 1. The molecule has 0 aliphatic heterocycles. The summed E-state index contributed by atoms with van der Waals surface area (Å²) in [6.07, 6.45) is 11.3. The summed E-state index contributed by atoms with van der Waals surface area (Å²) in [6.45, 7) is 0.794. The molecule has 1 aromatic heterocycles. The topological polar surface area (TPSA) is 62.9 Å². The molecule has 2 saturated carbocycles. The molecule has 32 heavy (non-hydrogen) atoms. The van der Waals surface area contributed by atoms with Gasteiger partial charge in [-0.2, -0.15) is 0 Å². The lowest BCUT2D eigenvalue weighted by atomic mass is 9.73. The van der Waals surface area contributed by atoms with Gasteiger partial charge >= 0.3 is 5.97 Å². The number of ether oxygens (including phenoxy) is 1. The van der Waals surface area contributed by atoms with Crippen LogP contribution in [0.5, 0.6) is 0 Å². The van der Waals surface area contributed by atoms with Gasteiger partial charge in [-0.05, 0) is 50.4 Å². The van der Waals surface area contributed by atoms with Crippen LogP contribution in [0.25, 0.3) is 0 Å². The van der Waals surface area contributed by atoms with E-state index in [-0.39, 0.29) is 12.5 Å². The molecular formula is C27H37NO4. The lowest BCUT2D eigenvalue weighted by Crippen LogP contribution is -2.45. The minimum absolute atomic E-state index is 0.0356. The van der Waals surface area contributed by atoms with Gasteiger partial charge in [-0.25, -0.2) is 4.79 Å². The van der Waals surface area contributed by atoms with Crippen molar-refractivity contribution < 1.29 is 19.1 Å². The average Bonchev–Trinajstić information content (AvgIpc) is 3.30. The van der Waals surface area contributed by atoms with E-state index in [1.54, 1.807) is 0 Å². The zero-order valence-corrected chi connectivity index (χ0v) is 19.3. The van der Waals surface area contributed by atoms with Crippen LogP contribution in [-0.2, 0) is 28.3 Å². The molecule has 0 spiro atoms. The molecule has 0 amide bonds. The van der Waals surface area contributed by atoms with Crippen molar-refractivity contribution in [2.45, 2.75) is 89.0 Å². The standard InChI is InChI=1S/C27H37NO4/c1-28(23-15-9-4-10-16-23)19-24-17-18-25(32-24)20-31-26(29)27(30,21-11-5-2-6-12-21)22-13-7-3-8-14-22/h2,5-6,11-12,17-18,22-23,30H,3-4,7-10,13-16,19-20H2,1H3/t27-/m0/s1. The van der Waals surface area contributed by atoms with Crippen molar-refractivity contribution in [3.63, 3.8) is 0 Å². The maximum atomic E-state index is 13.2. The van der Waals surface area contributed by atoms with Crippen molar-refractivity contribution in [1.29, 1.82) is 0 Å². The molecule has 0 radical (unpaired) electrons. The smallest absolute Gasteiger partial charge is 0.343 e. The first-order valence-corrected chi connectivity index (χ1v) is 12.3. The Balaban J connectivity index is 1.39. The van der Waals surface area contributed by atoms with Crippen molar-refractivity contribution in [1.82, 2.24) is 4.90 Å². The van der Waals surface area contributed by atoms with E-state index in [9.17, 15) is 9.90 Å². The predicted molar refractivity (Wildman–Crippen MR) is 124 cm³/mol. The van der Waals surface area contributed by atoms with Crippen molar-refractivity contribution in [2.24, 2.45) is 5.92 Å². The molecule has 5 nitrogen and oxygen atoms in total. The maximum absolute atomic E-state index is 13.2. The van der Waals surface area contributed by atoms with Gasteiger partial charge in [0.15, 0.2) is 5.60 Å². The zero-order chi connectivity index (χ0) is 22.4. The molecule has 4 rings (SSSR count). The van der Waals surface area contributed by atoms with E-state index in [1.807, 2.05) is 42.5 Å². The van der Waals surface area contributed by atoms with E-state index in [0.29, 0.717) is 17.4 Å². The van der Waals surface area contributed by atoms with Gasteiger partial charge < -0.3 is 14.3 Å². The van der Waals surface area contributed by atoms with Crippen LogP contribution in [-0.4, -0.2) is 29.1 Å². The van der Waals surface area contributed by atoms with Crippen LogP contribution in [0.15, 0.2) is 46.9 Å². The number of aliphatic hydroxyl groups is 1. The number of hydrogen-bond acceptors (Lipinski definition) is 5. The van der Waals surface area contributed by atoms with Crippen molar-refractivity contribution in [3.05, 3.63) is 59.5 Å². The summed E-state index contributed by atoms with van der Waals surface area (Å²) in [5.74, 6) is 0.800. The third-order valence-electron chi connectivity index (χ3n) is 7.39. The van der Waals surface area contributed by atoms with Crippen LogP contribution in [0.4, 0.5) is 0 Å². The average molecular weight is 440 g/mol. The van der Waals surface area contributed by atoms with Crippen LogP contribution in [0.3, 0.4) is 0 Å². The first-order chi connectivity index (χ1) is 15.6. The van der Waals surface area contributed by atoms with Gasteiger partial charge in [0.25, 0.3) is 0 Å². The van der Waals surface area contributed by atoms with Gasteiger partial charge in [-0.3, -0.25) is 4.90 Å². The zero-order valence-electron chi connectivity index (χ0n) is 19.3. The predicted octanol–water partition coefficient (Wildman–Crippen LogP) is 5.56. The number of nitrogens with zero attached hydrogens (tertiary/aromatic N) is 1. The minimum Gasteiger partial charge on any atom is -0.461 e. The molecule has 2 aromatic rings. The number of rotatable bonds is 8. The lowest BCUT2D eigenvalue weighted by molar-refractivity contribution is -0.177. The summed E-state index contributed by atoms with van der Waals surface area (Å²) in [7, 11) is 2.16. The maximum Gasteiger partial charge on any atom is 0.343 e. The second-order valence-electron chi connectivity index (χ2n) is 9.62. The summed E-state index contributed by atoms with van der Waals surface area (Å²) in [5.41, 5.74) is -0.996. The summed E-state index contributed by atoms with van der Waals surface area (Å²) in [5, 5.41) is 11.6. The molecule has 2 aliphatic carbocycles. The fraction of sp³-hybridized carbons (Fsp3) is 0.593. The Kier molecular flexibility index (Phi) is 7.69. The summed E-state index contributed by atoms with van der Waals surface area (Å²) in [4.78, 5) is 15.6. The first kappa shape index (κ1) is 23.1. The van der Waals surface area contributed by atoms with Gasteiger partial charge in [0.05, 0.1) is 6.54 Å². The van der Waals surface area contributed by atoms with E-state index in [4.69, 9.17) is 9.15 Å². The third-order valence-corrected chi connectivity index (χ3v) is 7.39. The van der Waals surface area contributed by atoms with Crippen LogP contribution in [0.1, 0.15) is 81.3 Å². The Morgan fingerprint density at radius 1 is 0.969 bits per heavy atom. The molecule has 1 atom stereocenters. The monoisotopic (exact) mass is 439 g/mol. The Morgan fingerprint density at radius 2 is 1.59 bits per heavy atom. The molecule has 1 aromatic carbocycles. The fourth-order valence-electron chi connectivity index (χ4n) is 5.46. The second-order valence-corrected chi connectivity index (χ2v) is 9.62. The Morgan fingerprint density at radius 3 is 2.28 bits per heavy atom. The molecule has 1 N–H and O–H groups in total. The number of hydrogen-bond donors (Lipinski definition) is 1. The quantitative estimate of drug-likeness (QED) is 0.546. The van der Waals surface area contributed by atoms with Crippen molar-refractivity contribution >= 4 is 5.97 Å². The molecule has 1 heterocycles. The summed E-state index contributed by atoms with van der Waals surface area (Å²) >= 11 is 0. The highest BCUT2D eigenvalue weighted by Gasteiger charge is 2.47. The Bertz CT molecular complexity index is 852. The van der Waals surface area contributed by atoms with E-state index in [1.165, 1.54) is 32.1 Å². The number of benzene rings is 1. The first-order valence-electron chi connectivity index (χ1n) is 12.3. The molecular weight excluding hydrogens is 402 g/mol. The molecule has 0 bridgehead atoms. The molecule has 5 heteroatoms. The van der Waals surface area contributed by atoms with Gasteiger partial charge in [0, 0.05) is 12.0 Å². The fourth-order valence-corrected chi connectivity index (χ4v) is 5.46. The lowest BCUT2D eigenvalue weighted by Gasteiger charge is -2.36. The van der Waals surface area contributed by atoms with E-state index >= 15 is 0 Å². The third kappa shape index (κ3) is 5.26. The minimum atomic E-state index is -1.61. The van der Waals surface area contributed by atoms with Crippen LogP contribution in [0.2, 0.25) is 0 Å². The van der Waals surface area contributed by atoms with E-state index in [2.05, 4.69) is 11.9 Å². The highest BCUT2D eigenvalue weighted by molar-refractivity contribution is 5.81. The molecule has 0 unspecified atom stereocenters. The van der Waals surface area contributed by atoms with Crippen LogP contribution >= 0.6 is 0 Å². The highest BCUT2D eigenvalue weighted by atomic mass is 16.6. The van der Waals surface area contributed by atoms with E-state index < -0.39 is 11.6 Å². The second kappa shape index (κ2) is 10.7. The van der Waals surface area contributed by atoms with Gasteiger partial charge in [0.1, 0.15) is 18.1 Å². The number of esters is 1. The summed E-state index contributed by atoms with van der Waals surface area (Å²) < 4.78 is 11.6. The molecule has 0 saturated heterocycles. The number of carbonyl (C=O) groups excluding carboxylic acids is 1. The molecule has 2 fully saturated rings. The highest BCUT2D eigenvalue weighted by Crippen LogP contribution is 2.40. The van der Waals surface area contributed by atoms with E-state index in [0.717, 1.165) is 44.4 Å². The van der Waals surface area contributed by atoms with Gasteiger partial charge in [-0.15, -0.1) is 0 Å². The van der Waals surface area contributed by atoms with Crippen LogP contribution < -0.4 is 0 Å². The number of furan rings is 1.